The molecule has 1 amide bonds. The second-order valence-electron chi connectivity index (χ2n) is 7.72. The van der Waals surface area contributed by atoms with E-state index in [1.807, 2.05) is 36.4 Å². The molecule has 0 saturated heterocycles. The molecule has 2 N–H and O–H groups in total. The smallest absolute Gasteiger partial charge is 0.254 e. The summed E-state index contributed by atoms with van der Waals surface area (Å²) in [5.74, 6) is 0.603. The molecular formula is C24H21FN4O2. The highest BCUT2D eigenvalue weighted by Gasteiger charge is 2.44. The summed E-state index contributed by atoms with van der Waals surface area (Å²) in [6.45, 7) is 0. The number of benzene rings is 2. The molecule has 3 aromatic rings. The van der Waals surface area contributed by atoms with E-state index in [0.717, 1.165) is 5.56 Å². The first-order valence-corrected chi connectivity index (χ1v) is 10.2. The zero-order valence-corrected chi connectivity index (χ0v) is 16.7. The molecule has 2 aliphatic heterocycles. The van der Waals surface area contributed by atoms with Crippen LogP contribution < -0.4 is 5.73 Å². The van der Waals surface area contributed by atoms with Crippen molar-refractivity contribution in [3.8, 4) is 0 Å². The van der Waals surface area contributed by atoms with Gasteiger partial charge in [0.15, 0.2) is 0 Å². The van der Waals surface area contributed by atoms with Crippen LogP contribution in [0.1, 0.15) is 22.9 Å². The molecule has 2 aromatic carbocycles. The second-order valence-corrected chi connectivity index (χ2v) is 7.72. The maximum absolute atomic E-state index is 14.7. The Balaban J connectivity index is 1.53. The molecule has 2 aliphatic rings. The lowest BCUT2D eigenvalue weighted by molar-refractivity contribution is -0.128. The molecule has 0 spiro atoms. The van der Waals surface area contributed by atoms with Gasteiger partial charge in [-0.1, -0.05) is 30.3 Å². The van der Waals surface area contributed by atoms with Crippen molar-refractivity contribution in [2.75, 3.05) is 5.73 Å². The van der Waals surface area contributed by atoms with Crippen LogP contribution in [0.4, 0.5) is 10.1 Å². The van der Waals surface area contributed by atoms with Gasteiger partial charge in [0, 0.05) is 30.3 Å². The molecule has 0 radical (unpaired) electrons. The number of hydrogen-bond donors (Lipinski definition) is 1. The van der Waals surface area contributed by atoms with E-state index < -0.39 is 17.9 Å². The van der Waals surface area contributed by atoms with Crippen molar-refractivity contribution >= 4 is 23.6 Å². The van der Waals surface area contributed by atoms with Gasteiger partial charge >= 0.3 is 0 Å². The topological polar surface area (TPSA) is 84.2 Å². The Morgan fingerprint density at radius 2 is 1.87 bits per heavy atom. The van der Waals surface area contributed by atoms with Crippen LogP contribution in [0.2, 0.25) is 0 Å². The van der Waals surface area contributed by atoms with Gasteiger partial charge in [-0.05, 0) is 35.9 Å². The minimum Gasteiger partial charge on any atom is -0.469 e. The van der Waals surface area contributed by atoms with E-state index in [1.165, 1.54) is 12.1 Å². The molecule has 5 rings (SSSR count). The lowest BCUT2D eigenvalue weighted by atomic mass is 9.98. The fourth-order valence-corrected chi connectivity index (χ4v) is 4.14. The third kappa shape index (κ3) is 3.63. The van der Waals surface area contributed by atoms with Crippen LogP contribution in [0.15, 0.2) is 81.3 Å². The summed E-state index contributed by atoms with van der Waals surface area (Å²) in [7, 11) is 0. The molecule has 0 fully saturated rings. The standard InChI is InChI=1S/C24H21FN4O2/c25-19-9-8-16(26)12-18(19)22-14-27-20(11-15-5-2-1-3-6-15)23-28-21(24(30)29(22)23)13-17-7-4-10-31-17/h1-10,12,14,20-22H,11,13,26H2. The Kier molecular flexibility index (Phi) is 4.86. The Morgan fingerprint density at radius 3 is 2.65 bits per heavy atom. The highest BCUT2D eigenvalue weighted by Crippen LogP contribution is 2.34. The third-order valence-corrected chi connectivity index (χ3v) is 5.63. The van der Waals surface area contributed by atoms with Gasteiger partial charge in [-0.25, -0.2) is 4.39 Å². The summed E-state index contributed by atoms with van der Waals surface area (Å²) in [6.07, 6.45) is 4.15. The number of amides is 1. The van der Waals surface area contributed by atoms with Gasteiger partial charge in [0.05, 0.1) is 6.26 Å². The summed E-state index contributed by atoms with van der Waals surface area (Å²) in [4.78, 5) is 24.4. The number of carbonyl (C=O) groups is 1. The number of nitrogen functional groups attached to an aromatic ring is 1. The highest BCUT2D eigenvalue weighted by molar-refractivity contribution is 6.12. The maximum atomic E-state index is 14.7. The minimum atomic E-state index is -0.691. The molecule has 0 saturated carbocycles. The van der Waals surface area contributed by atoms with Gasteiger partial charge < -0.3 is 10.2 Å². The van der Waals surface area contributed by atoms with Crippen LogP contribution in [-0.2, 0) is 17.6 Å². The second kappa shape index (κ2) is 7.83. The molecule has 3 atom stereocenters. The van der Waals surface area contributed by atoms with E-state index >= 15 is 0 Å². The summed E-state index contributed by atoms with van der Waals surface area (Å²) < 4.78 is 20.1. The van der Waals surface area contributed by atoms with Crippen LogP contribution in [0, 0.1) is 5.82 Å². The summed E-state index contributed by atoms with van der Waals surface area (Å²) in [6, 6.07) is 16.2. The Morgan fingerprint density at radius 1 is 1.03 bits per heavy atom. The number of halogens is 1. The van der Waals surface area contributed by atoms with Crippen molar-refractivity contribution in [1.29, 1.82) is 0 Å². The van der Waals surface area contributed by atoms with E-state index in [2.05, 4.69) is 4.99 Å². The van der Waals surface area contributed by atoms with Crippen molar-refractivity contribution in [2.45, 2.75) is 31.0 Å². The monoisotopic (exact) mass is 416 g/mol. The number of nitrogens with two attached hydrogens (primary N) is 1. The van der Waals surface area contributed by atoms with Gasteiger partial charge in [-0.15, -0.1) is 0 Å². The predicted octanol–water partition coefficient (Wildman–Crippen LogP) is 3.59. The van der Waals surface area contributed by atoms with Crippen LogP contribution in [0.3, 0.4) is 0 Å². The lowest BCUT2D eigenvalue weighted by Crippen LogP contribution is -2.47. The van der Waals surface area contributed by atoms with Crippen LogP contribution in [-0.4, -0.2) is 34.9 Å². The zero-order chi connectivity index (χ0) is 21.4. The van der Waals surface area contributed by atoms with E-state index in [9.17, 15) is 9.18 Å². The molecular weight excluding hydrogens is 395 g/mol. The fourth-order valence-electron chi connectivity index (χ4n) is 4.14. The molecule has 31 heavy (non-hydrogen) atoms. The molecule has 1 aromatic heterocycles. The number of carbonyl (C=O) groups excluding carboxylic acids is 1. The Hall–Kier alpha value is -3.74. The number of hydrogen-bond acceptors (Lipinski definition) is 5. The first-order valence-electron chi connectivity index (χ1n) is 10.2. The first kappa shape index (κ1) is 19.2. The molecule has 0 bridgehead atoms. The summed E-state index contributed by atoms with van der Waals surface area (Å²) in [5, 5.41) is 0. The molecule has 3 heterocycles. The first-order chi connectivity index (χ1) is 15.1. The number of rotatable bonds is 5. The number of amidine groups is 1. The van der Waals surface area contributed by atoms with E-state index in [4.69, 9.17) is 15.1 Å². The highest BCUT2D eigenvalue weighted by atomic mass is 19.1. The largest absolute Gasteiger partial charge is 0.469 e. The summed E-state index contributed by atoms with van der Waals surface area (Å²) >= 11 is 0. The number of anilines is 1. The van der Waals surface area contributed by atoms with Crippen LogP contribution in [0.25, 0.3) is 0 Å². The van der Waals surface area contributed by atoms with Crippen LogP contribution in [0.5, 0.6) is 0 Å². The number of aliphatic imine (C=N–C) groups is 2. The normalized spacial score (nSPS) is 22.5. The lowest BCUT2D eigenvalue weighted by Gasteiger charge is -2.33. The number of fused-ring (bicyclic) bond motifs is 1. The van der Waals surface area contributed by atoms with Gasteiger partial charge in [0.1, 0.15) is 35.5 Å². The number of furan rings is 1. The molecule has 3 unspecified atom stereocenters. The van der Waals surface area contributed by atoms with E-state index in [-0.39, 0.29) is 11.9 Å². The average molecular weight is 416 g/mol. The fraction of sp³-hybridized carbons (Fsp3) is 0.208. The van der Waals surface area contributed by atoms with Gasteiger partial charge in [0.25, 0.3) is 5.91 Å². The van der Waals surface area contributed by atoms with Crippen molar-refractivity contribution in [1.82, 2.24) is 4.90 Å². The van der Waals surface area contributed by atoms with Crippen molar-refractivity contribution in [2.24, 2.45) is 9.98 Å². The Bertz CT molecular complexity index is 1160. The van der Waals surface area contributed by atoms with Gasteiger partial charge in [-0.3, -0.25) is 19.7 Å². The molecule has 0 aliphatic carbocycles. The van der Waals surface area contributed by atoms with Crippen molar-refractivity contribution < 1.29 is 13.6 Å². The zero-order valence-electron chi connectivity index (χ0n) is 16.7. The van der Waals surface area contributed by atoms with E-state index in [1.54, 1.807) is 29.5 Å². The molecule has 6 nitrogen and oxygen atoms in total. The van der Waals surface area contributed by atoms with Crippen LogP contribution >= 0.6 is 0 Å². The quantitative estimate of drug-likeness (QED) is 0.645. The predicted molar refractivity (Wildman–Crippen MR) is 116 cm³/mol. The SMILES string of the molecule is Nc1ccc(F)c(C2C=NC(Cc3ccccc3)C3=NC(Cc4ccco4)C(=O)N32)c1. The maximum Gasteiger partial charge on any atom is 0.254 e. The average Bonchev–Trinajstić information content (AvgIpc) is 3.40. The molecule has 7 heteroatoms. The summed E-state index contributed by atoms with van der Waals surface area (Å²) in [5.41, 5.74) is 7.71. The molecule has 156 valence electrons. The van der Waals surface area contributed by atoms with Gasteiger partial charge in [0.2, 0.25) is 0 Å². The third-order valence-electron chi connectivity index (χ3n) is 5.63. The van der Waals surface area contributed by atoms with Crippen molar-refractivity contribution in [3.63, 3.8) is 0 Å². The Labute approximate surface area is 178 Å². The van der Waals surface area contributed by atoms with Crippen molar-refractivity contribution in [3.05, 3.63) is 89.6 Å². The van der Waals surface area contributed by atoms with Gasteiger partial charge in [-0.2, -0.15) is 0 Å². The minimum absolute atomic E-state index is 0.192. The van der Waals surface area contributed by atoms with E-state index in [0.29, 0.717) is 35.7 Å². The number of nitrogens with zero attached hydrogens (tertiary/aromatic N) is 3.